The number of carbonyl (C=O) groups is 2. The summed E-state index contributed by atoms with van der Waals surface area (Å²) in [6, 6.07) is -0.0247. The lowest BCUT2D eigenvalue weighted by molar-refractivity contribution is -0.150. The van der Waals surface area contributed by atoms with Crippen molar-refractivity contribution < 1.29 is 19.4 Å². The summed E-state index contributed by atoms with van der Waals surface area (Å²) in [7, 11) is 0. The first-order valence-electron chi connectivity index (χ1n) is 7.85. The molecule has 2 atom stereocenters. The van der Waals surface area contributed by atoms with E-state index >= 15 is 0 Å². The second kappa shape index (κ2) is 6.75. The molecular weight excluding hydrogens is 272 g/mol. The number of aliphatic carboxylic acids is 1. The summed E-state index contributed by atoms with van der Waals surface area (Å²) in [6.45, 7) is 5.73. The zero-order valence-electron chi connectivity index (χ0n) is 12.9. The number of carbonyl (C=O) groups excluding carboxylic acids is 1. The summed E-state index contributed by atoms with van der Waals surface area (Å²) >= 11 is 0. The first-order valence-corrected chi connectivity index (χ1v) is 7.85. The largest absolute Gasteiger partial charge is 0.480 e. The molecule has 0 radical (unpaired) electrons. The highest BCUT2D eigenvalue weighted by molar-refractivity contribution is 5.88. The van der Waals surface area contributed by atoms with E-state index in [0.29, 0.717) is 32.0 Å². The molecular formula is C15H26N2O4. The quantitative estimate of drug-likeness (QED) is 0.697. The maximum atomic E-state index is 12.5. The summed E-state index contributed by atoms with van der Waals surface area (Å²) in [4.78, 5) is 24.2. The van der Waals surface area contributed by atoms with Crippen molar-refractivity contribution in [3.63, 3.8) is 0 Å². The van der Waals surface area contributed by atoms with Gasteiger partial charge in [0.15, 0.2) is 0 Å². The van der Waals surface area contributed by atoms with Gasteiger partial charge in [0.1, 0.15) is 5.54 Å². The standard InChI is InChI=1S/C15H26N2O4/c1-3-16-12-9-21-8-11(12)13(18)17-15(14(19)20)6-4-10(2)5-7-15/h10-12,16H,3-9H2,1-2H3,(H,17,18)(H,19,20). The van der Waals surface area contributed by atoms with Gasteiger partial charge in [0.05, 0.1) is 19.1 Å². The molecule has 3 N–H and O–H groups in total. The highest BCUT2D eigenvalue weighted by Gasteiger charge is 2.45. The van der Waals surface area contributed by atoms with Crippen LogP contribution in [0.15, 0.2) is 0 Å². The summed E-state index contributed by atoms with van der Waals surface area (Å²) in [5, 5.41) is 15.6. The van der Waals surface area contributed by atoms with Crippen molar-refractivity contribution in [1.29, 1.82) is 0 Å². The predicted octanol–water partition coefficient (Wildman–Crippen LogP) is 0.761. The van der Waals surface area contributed by atoms with Crippen molar-refractivity contribution in [3.05, 3.63) is 0 Å². The van der Waals surface area contributed by atoms with Crippen LogP contribution in [0.4, 0.5) is 0 Å². The van der Waals surface area contributed by atoms with Crippen LogP contribution in [0.2, 0.25) is 0 Å². The fourth-order valence-corrected chi connectivity index (χ4v) is 3.25. The summed E-state index contributed by atoms with van der Waals surface area (Å²) in [6.07, 6.45) is 2.69. The molecule has 2 rings (SSSR count). The Labute approximate surface area is 125 Å². The number of amides is 1. The van der Waals surface area contributed by atoms with Crippen molar-refractivity contribution in [2.45, 2.75) is 51.1 Å². The smallest absolute Gasteiger partial charge is 0.329 e. The van der Waals surface area contributed by atoms with Crippen molar-refractivity contribution in [3.8, 4) is 0 Å². The van der Waals surface area contributed by atoms with Crippen LogP contribution in [0.3, 0.4) is 0 Å². The Balaban J connectivity index is 2.03. The number of rotatable bonds is 5. The fraction of sp³-hybridized carbons (Fsp3) is 0.867. The average molecular weight is 298 g/mol. The molecule has 0 bridgehead atoms. The lowest BCUT2D eigenvalue weighted by Gasteiger charge is -2.37. The van der Waals surface area contributed by atoms with Crippen LogP contribution in [0, 0.1) is 11.8 Å². The normalized spacial score (nSPS) is 36.4. The minimum Gasteiger partial charge on any atom is -0.480 e. The van der Waals surface area contributed by atoms with Crippen LogP contribution < -0.4 is 10.6 Å². The van der Waals surface area contributed by atoms with Crippen LogP contribution in [-0.4, -0.2) is 48.3 Å². The molecule has 0 spiro atoms. The van der Waals surface area contributed by atoms with Crippen LogP contribution >= 0.6 is 0 Å². The molecule has 2 unspecified atom stereocenters. The number of carboxylic acids is 1. The van der Waals surface area contributed by atoms with Crippen molar-refractivity contribution in [2.24, 2.45) is 11.8 Å². The van der Waals surface area contributed by atoms with Gasteiger partial charge in [-0.05, 0) is 38.1 Å². The average Bonchev–Trinajstić information content (AvgIpc) is 2.90. The van der Waals surface area contributed by atoms with Crippen molar-refractivity contribution >= 4 is 11.9 Å². The molecule has 1 amide bonds. The number of ether oxygens (including phenoxy) is 1. The van der Waals surface area contributed by atoms with Gasteiger partial charge in [-0.1, -0.05) is 13.8 Å². The van der Waals surface area contributed by atoms with Gasteiger partial charge in [-0.2, -0.15) is 0 Å². The van der Waals surface area contributed by atoms with E-state index < -0.39 is 11.5 Å². The number of hydrogen-bond donors (Lipinski definition) is 3. The van der Waals surface area contributed by atoms with Gasteiger partial charge in [-0.15, -0.1) is 0 Å². The monoisotopic (exact) mass is 298 g/mol. The van der Waals surface area contributed by atoms with Crippen LogP contribution in [0.1, 0.15) is 39.5 Å². The Bertz CT molecular complexity index is 391. The third kappa shape index (κ3) is 3.55. The third-order valence-electron chi connectivity index (χ3n) is 4.78. The van der Waals surface area contributed by atoms with E-state index in [1.807, 2.05) is 6.92 Å². The zero-order valence-corrected chi connectivity index (χ0v) is 12.9. The van der Waals surface area contributed by atoms with Crippen molar-refractivity contribution in [2.75, 3.05) is 19.8 Å². The Kier molecular flexibility index (Phi) is 5.22. The molecule has 0 aromatic heterocycles. The summed E-state index contributed by atoms with van der Waals surface area (Å²) < 4.78 is 5.37. The van der Waals surface area contributed by atoms with E-state index in [1.165, 1.54) is 0 Å². The first-order chi connectivity index (χ1) is 9.98. The van der Waals surface area contributed by atoms with Gasteiger partial charge in [0.25, 0.3) is 0 Å². The van der Waals surface area contributed by atoms with E-state index in [9.17, 15) is 14.7 Å². The van der Waals surface area contributed by atoms with Crippen molar-refractivity contribution in [1.82, 2.24) is 10.6 Å². The summed E-state index contributed by atoms with van der Waals surface area (Å²) in [5.41, 5.74) is -1.09. The van der Waals surface area contributed by atoms with Gasteiger partial charge in [0, 0.05) is 6.04 Å². The first kappa shape index (κ1) is 16.2. The van der Waals surface area contributed by atoms with E-state index in [4.69, 9.17) is 4.74 Å². The molecule has 0 aromatic rings. The highest BCUT2D eigenvalue weighted by atomic mass is 16.5. The minimum absolute atomic E-state index is 0.0247. The molecule has 1 heterocycles. The Morgan fingerprint density at radius 1 is 1.29 bits per heavy atom. The molecule has 1 saturated carbocycles. The molecule has 2 fully saturated rings. The van der Waals surface area contributed by atoms with E-state index in [1.54, 1.807) is 0 Å². The molecule has 1 aliphatic carbocycles. The molecule has 0 aromatic carbocycles. The van der Waals surface area contributed by atoms with Gasteiger partial charge in [-0.3, -0.25) is 4.79 Å². The van der Waals surface area contributed by atoms with Crippen LogP contribution in [0.25, 0.3) is 0 Å². The van der Waals surface area contributed by atoms with Gasteiger partial charge in [-0.25, -0.2) is 4.79 Å². The van der Waals surface area contributed by atoms with E-state index in [0.717, 1.165) is 19.4 Å². The zero-order chi connectivity index (χ0) is 15.5. The highest BCUT2D eigenvalue weighted by Crippen LogP contribution is 2.32. The number of likely N-dealkylation sites (N-methyl/N-ethyl adjacent to an activating group) is 1. The molecule has 1 aliphatic heterocycles. The topological polar surface area (TPSA) is 87.7 Å². The van der Waals surface area contributed by atoms with E-state index in [2.05, 4.69) is 17.6 Å². The molecule has 6 nitrogen and oxygen atoms in total. The van der Waals surface area contributed by atoms with Gasteiger partial charge >= 0.3 is 5.97 Å². The molecule has 120 valence electrons. The summed E-state index contributed by atoms with van der Waals surface area (Å²) in [5.74, 6) is -0.892. The predicted molar refractivity (Wildman–Crippen MR) is 77.9 cm³/mol. The fourth-order valence-electron chi connectivity index (χ4n) is 3.25. The second-order valence-electron chi connectivity index (χ2n) is 6.37. The molecule has 1 saturated heterocycles. The maximum absolute atomic E-state index is 12.5. The lowest BCUT2D eigenvalue weighted by Crippen LogP contribution is -2.59. The Hall–Kier alpha value is -1.14. The molecule has 21 heavy (non-hydrogen) atoms. The second-order valence-corrected chi connectivity index (χ2v) is 6.37. The maximum Gasteiger partial charge on any atom is 0.329 e. The molecule has 6 heteroatoms. The van der Waals surface area contributed by atoms with Gasteiger partial charge in [0.2, 0.25) is 5.91 Å². The van der Waals surface area contributed by atoms with Crippen LogP contribution in [0.5, 0.6) is 0 Å². The minimum atomic E-state index is -1.09. The Morgan fingerprint density at radius 3 is 2.52 bits per heavy atom. The SMILES string of the molecule is CCNC1COCC1C(=O)NC1(C(=O)O)CCC(C)CC1. The molecule has 2 aliphatic rings. The Morgan fingerprint density at radius 2 is 1.95 bits per heavy atom. The number of carboxylic acid groups (broad SMARTS) is 1. The number of nitrogens with one attached hydrogen (secondary N) is 2. The van der Waals surface area contributed by atoms with Crippen LogP contribution in [-0.2, 0) is 14.3 Å². The van der Waals surface area contributed by atoms with E-state index in [-0.39, 0.29) is 17.9 Å². The third-order valence-corrected chi connectivity index (χ3v) is 4.78. The number of hydrogen-bond acceptors (Lipinski definition) is 4. The van der Waals surface area contributed by atoms with Gasteiger partial charge < -0.3 is 20.5 Å². The lowest BCUT2D eigenvalue weighted by atomic mass is 9.76.